The summed E-state index contributed by atoms with van der Waals surface area (Å²) in [6.07, 6.45) is 1.80. The van der Waals surface area contributed by atoms with Gasteiger partial charge in [-0.05, 0) is 30.7 Å². The van der Waals surface area contributed by atoms with E-state index in [2.05, 4.69) is 9.35 Å². The molecule has 0 aliphatic carbocycles. The molecule has 3 rings (SSSR count). The van der Waals surface area contributed by atoms with Gasteiger partial charge in [0, 0.05) is 28.0 Å². The average molecular weight is 287 g/mol. The number of para-hydroxylation sites is 1. The molecule has 1 atom stereocenters. The maximum Gasteiger partial charge on any atom is 0.139 e. The fourth-order valence-corrected chi connectivity index (χ4v) is 2.99. The number of benzene rings is 2. The zero-order valence-electron chi connectivity index (χ0n) is 10.9. The molecule has 0 saturated carbocycles. The first-order valence-electron chi connectivity index (χ1n) is 6.18. The molecule has 3 N–H and O–H groups in total. The highest BCUT2D eigenvalue weighted by Gasteiger charge is 2.07. The second kappa shape index (κ2) is 5.19. The van der Waals surface area contributed by atoms with Crippen molar-refractivity contribution in [2.45, 2.75) is 11.8 Å². The van der Waals surface area contributed by atoms with Crippen LogP contribution in [0.25, 0.3) is 10.9 Å². The lowest BCUT2D eigenvalue weighted by molar-refractivity contribution is 0.600. The molecule has 1 aromatic heterocycles. The molecule has 0 aliphatic rings. The molecule has 5 heteroatoms. The van der Waals surface area contributed by atoms with Gasteiger partial charge in [-0.3, -0.25) is 5.14 Å². The Balaban J connectivity index is 2.07. The predicted octanol–water partition coefficient (Wildman–Crippen LogP) is 3.98. The van der Waals surface area contributed by atoms with Crippen LogP contribution >= 0.6 is 0 Å². The standard InChI is InChI=1S/C15H14FN3S/c1-10-6-7-15(12(16)8-10)20(17)19-14-9-18-13-5-3-2-4-11(13)14/h2-9,18H,1H3,(H2,17,19). The highest BCUT2D eigenvalue weighted by Crippen LogP contribution is 2.27. The quantitative estimate of drug-likeness (QED) is 0.736. The number of fused-ring (bicyclic) bond motifs is 1. The van der Waals surface area contributed by atoms with Crippen molar-refractivity contribution in [3.05, 3.63) is 60.0 Å². The van der Waals surface area contributed by atoms with Gasteiger partial charge in [-0.1, -0.05) is 24.3 Å². The van der Waals surface area contributed by atoms with E-state index in [1.165, 1.54) is 6.07 Å². The SMILES string of the molecule is Cc1ccc(S(N)=Nc2c[nH]c3ccccc23)c(F)c1. The van der Waals surface area contributed by atoms with Crippen molar-refractivity contribution in [2.75, 3.05) is 0 Å². The third-order valence-corrected chi connectivity index (χ3v) is 4.25. The molecule has 0 fully saturated rings. The maximum absolute atomic E-state index is 13.9. The van der Waals surface area contributed by atoms with E-state index < -0.39 is 10.9 Å². The minimum atomic E-state index is -1.01. The Kier molecular flexibility index (Phi) is 3.38. The van der Waals surface area contributed by atoms with Gasteiger partial charge >= 0.3 is 0 Å². The molecular weight excluding hydrogens is 273 g/mol. The molecule has 1 unspecified atom stereocenters. The number of H-pyrrole nitrogens is 1. The largest absolute Gasteiger partial charge is 0.359 e. The van der Waals surface area contributed by atoms with Crippen molar-refractivity contribution in [1.29, 1.82) is 0 Å². The van der Waals surface area contributed by atoms with Crippen molar-refractivity contribution < 1.29 is 4.39 Å². The van der Waals surface area contributed by atoms with Gasteiger partial charge in [0.1, 0.15) is 5.82 Å². The van der Waals surface area contributed by atoms with Crippen LogP contribution in [0.15, 0.2) is 57.9 Å². The molecule has 0 spiro atoms. The number of aryl methyl sites for hydroxylation is 1. The van der Waals surface area contributed by atoms with Crippen molar-refractivity contribution in [2.24, 2.45) is 9.50 Å². The van der Waals surface area contributed by atoms with E-state index in [1.54, 1.807) is 12.3 Å². The first kappa shape index (κ1) is 13.0. The molecule has 0 saturated heterocycles. The molecule has 3 aromatic rings. The topological polar surface area (TPSA) is 54.2 Å². The number of aromatic nitrogens is 1. The van der Waals surface area contributed by atoms with Crippen LogP contribution in [0.5, 0.6) is 0 Å². The number of hydrogen-bond donors (Lipinski definition) is 2. The lowest BCUT2D eigenvalue weighted by Crippen LogP contribution is -2.05. The van der Waals surface area contributed by atoms with E-state index in [1.807, 2.05) is 37.3 Å². The summed E-state index contributed by atoms with van der Waals surface area (Å²) >= 11 is 0. The molecule has 0 aliphatic heterocycles. The second-order valence-electron chi connectivity index (χ2n) is 4.56. The van der Waals surface area contributed by atoms with Crippen LogP contribution in [0.4, 0.5) is 10.1 Å². The van der Waals surface area contributed by atoms with Crippen molar-refractivity contribution in [3.8, 4) is 0 Å². The number of hydrogen-bond acceptors (Lipinski definition) is 1. The van der Waals surface area contributed by atoms with Crippen LogP contribution in [0.1, 0.15) is 5.56 Å². The Morgan fingerprint density at radius 3 is 2.80 bits per heavy atom. The third kappa shape index (κ3) is 2.37. The molecule has 20 heavy (non-hydrogen) atoms. The summed E-state index contributed by atoms with van der Waals surface area (Å²) in [7, 11) is -1.01. The van der Waals surface area contributed by atoms with Gasteiger partial charge in [0.05, 0.1) is 10.6 Å². The van der Waals surface area contributed by atoms with Gasteiger partial charge in [0.15, 0.2) is 0 Å². The molecule has 0 amide bonds. The number of aromatic amines is 1. The Bertz CT molecular complexity index is 808. The normalized spacial score (nSPS) is 12.9. The van der Waals surface area contributed by atoms with Crippen LogP contribution in [-0.4, -0.2) is 4.98 Å². The maximum atomic E-state index is 13.9. The molecular formula is C15H14FN3S. The van der Waals surface area contributed by atoms with Gasteiger partial charge in [-0.2, -0.15) is 0 Å². The van der Waals surface area contributed by atoms with Gasteiger partial charge in [0.2, 0.25) is 0 Å². The van der Waals surface area contributed by atoms with Gasteiger partial charge in [-0.15, -0.1) is 0 Å². The minimum Gasteiger partial charge on any atom is -0.359 e. The number of rotatable bonds is 2. The fraction of sp³-hybridized carbons (Fsp3) is 0.0667. The summed E-state index contributed by atoms with van der Waals surface area (Å²) in [5.41, 5.74) is 2.62. The summed E-state index contributed by atoms with van der Waals surface area (Å²) < 4.78 is 18.3. The van der Waals surface area contributed by atoms with Crippen molar-refractivity contribution in [1.82, 2.24) is 4.98 Å². The molecule has 102 valence electrons. The van der Waals surface area contributed by atoms with E-state index >= 15 is 0 Å². The van der Waals surface area contributed by atoms with E-state index in [4.69, 9.17) is 5.14 Å². The van der Waals surface area contributed by atoms with Gasteiger partial charge in [-0.25, -0.2) is 8.75 Å². The Labute approximate surface area is 118 Å². The lowest BCUT2D eigenvalue weighted by Gasteiger charge is -2.04. The zero-order valence-corrected chi connectivity index (χ0v) is 11.7. The number of nitrogens with zero attached hydrogens (tertiary/aromatic N) is 1. The molecule has 0 bridgehead atoms. The van der Waals surface area contributed by atoms with Crippen LogP contribution in [0.2, 0.25) is 0 Å². The monoisotopic (exact) mass is 287 g/mol. The van der Waals surface area contributed by atoms with Crippen LogP contribution in [0, 0.1) is 12.7 Å². The summed E-state index contributed by atoms with van der Waals surface area (Å²) in [6, 6.07) is 12.8. The van der Waals surface area contributed by atoms with Gasteiger partial charge in [0.25, 0.3) is 0 Å². The highest BCUT2D eigenvalue weighted by atomic mass is 32.2. The summed E-state index contributed by atoms with van der Waals surface area (Å²) in [5.74, 6) is -0.306. The van der Waals surface area contributed by atoms with E-state index in [0.717, 1.165) is 22.2 Å². The molecule has 1 heterocycles. The molecule has 2 aromatic carbocycles. The number of nitrogens with one attached hydrogen (secondary N) is 1. The van der Waals surface area contributed by atoms with Crippen molar-refractivity contribution >= 4 is 27.5 Å². The smallest absolute Gasteiger partial charge is 0.139 e. The van der Waals surface area contributed by atoms with Crippen LogP contribution in [0.3, 0.4) is 0 Å². The lowest BCUT2D eigenvalue weighted by atomic mass is 10.2. The van der Waals surface area contributed by atoms with Gasteiger partial charge < -0.3 is 4.98 Å². The van der Waals surface area contributed by atoms with E-state index in [-0.39, 0.29) is 5.82 Å². The Morgan fingerprint density at radius 1 is 1.20 bits per heavy atom. The van der Waals surface area contributed by atoms with E-state index in [9.17, 15) is 4.39 Å². The first-order valence-corrected chi connectivity index (χ1v) is 7.42. The van der Waals surface area contributed by atoms with Crippen molar-refractivity contribution in [3.63, 3.8) is 0 Å². The predicted molar refractivity (Wildman–Crippen MR) is 81.3 cm³/mol. The summed E-state index contributed by atoms with van der Waals surface area (Å²) in [5, 5.41) is 7.02. The van der Waals surface area contributed by atoms with Crippen LogP contribution < -0.4 is 5.14 Å². The first-order chi connectivity index (χ1) is 9.65. The summed E-state index contributed by atoms with van der Waals surface area (Å²) in [6.45, 7) is 1.85. The third-order valence-electron chi connectivity index (χ3n) is 3.08. The molecule has 3 nitrogen and oxygen atoms in total. The molecule has 0 radical (unpaired) electrons. The second-order valence-corrected chi connectivity index (χ2v) is 5.81. The van der Waals surface area contributed by atoms with Crippen LogP contribution in [-0.2, 0) is 10.9 Å². The zero-order chi connectivity index (χ0) is 14.1. The average Bonchev–Trinajstić information content (AvgIpc) is 2.82. The number of nitrogens with two attached hydrogens (primary N) is 1. The fourth-order valence-electron chi connectivity index (χ4n) is 2.06. The van der Waals surface area contributed by atoms with E-state index in [0.29, 0.717) is 4.90 Å². The Morgan fingerprint density at radius 2 is 2.00 bits per heavy atom. The minimum absolute atomic E-state index is 0.306. The Hall–Kier alpha value is -1.98. The highest BCUT2D eigenvalue weighted by molar-refractivity contribution is 7.85. The summed E-state index contributed by atoms with van der Waals surface area (Å²) in [4.78, 5) is 3.56. The number of halogens is 1.